The van der Waals surface area contributed by atoms with Crippen molar-refractivity contribution in [3.63, 3.8) is 0 Å². The third-order valence-electron chi connectivity index (χ3n) is 2.24. The maximum Gasteiger partial charge on any atom is 0.0686 e. The Kier molecular flexibility index (Phi) is 4.12. The van der Waals surface area contributed by atoms with Crippen molar-refractivity contribution in [2.45, 2.75) is 0 Å². The van der Waals surface area contributed by atoms with Gasteiger partial charge in [0.05, 0.1) is 15.1 Å². The van der Waals surface area contributed by atoms with Gasteiger partial charge in [-0.2, -0.15) is 0 Å². The van der Waals surface area contributed by atoms with Gasteiger partial charge in [0.2, 0.25) is 0 Å². The molecular formula is C12H5Cl5. The molecule has 0 unspecified atom stereocenters. The average Bonchev–Trinajstić information content (AvgIpc) is 2.27. The van der Waals surface area contributed by atoms with Crippen LogP contribution < -0.4 is 0 Å². The first-order chi connectivity index (χ1) is 8.00. The van der Waals surface area contributed by atoms with E-state index < -0.39 is 0 Å². The topological polar surface area (TPSA) is 0 Å². The molecule has 0 fully saturated rings. The van der Waals surface area contributed by atoms with E-state index in [0.29, 0.717) is 36.2 Å². The molecule has 0 N–H and O–H groups in total. The fourth-order valence-corrected chi connectivity index (χ4v) is 2.70. The molecule has 2 rings (SSSR count). The monoisotopic (exact) mass is 324 g/mol. The van der Waals surface area contributed by atoms with E-state index >= 15 is 0 Å². The largest absolute Gasteiger partial charge is 0.0843 e. The van der Waals surface area contributed by atoms with Crippen molar-refractivity contribution >= 4 is 58.0 Å². The van der Waals surface area contributed by atoms with Gasteiger partial charge >= 0.3 is 0 Å². The predicted molar refractivity (Wildman–Crippen MR) is 76.9 cm³/mol. The van der Waals surface area contributed by atoms with Crippen LogP contribution in [0.15, 0.2) is 30.3 Å². The molecule has 0 atom stereocenters. The number of benzene rings is 2. The Morgan fingerprint density at radius 2 is 1.29 bits per heavy atom. The van der Waals surface area contributed by atoms with Crippen LogP contribution in [0.5, 0.6) is 0 Å². The molecule has 2 aromatic carbocycles. The number of halogens is 5. The van der Waals surface area contributed by atoms with Gasteiger partial charge < -0.3 is 0 Å². The average molecular weight is 326 g/mol. The van der Waals surface area contributed by atoms with Crippen LogP contribution in [0.25, 0.3) is 11.1 Å². The molecule has 0 saturated heterocycles. The van der Waals surface area contributed by atoms with Gasteiger partial charge in [-0.3, -0.25) is 0 Å². The Bertz CT molecular complexity index is 577. The molecule has 0 radical (unpaired) electrons. The molecule has 0 saturated carbocycles. The molecule has 2 aromatic rings. The first kappa shape index (κ1) is 13.3. The van der Waals surface area contributed by atoms with E-state index in [2.05, 4.69) is 0 Å². The van der Waals surface area contributed by atoms with Gasteiger partial charge in [-0.15, -0.1) is 0 Å². The van der Waals surface area contributed by atoms with E-state index in [4.69, 9.17) is 58.0 Å². The highest BCUT2D eigenvalue weighted by Crippen LogP contribution is 2.42. The third kappa shape index (κ3) is 2.67. The summed E-state index contributed by atoms with van der Waals surface area (Å²) in [6.07, 6.45) is 0. The van der Waals surface area contributed by atoms with E-state index in [-0.39, 0.29) is 0 Å². The van der Waals surface area contributed by atoms with Crippen LogP contribution >= 0.6 is 58.0 Å². The molecule has 5 heteroatoms. The van der Waals surface area contributed by atoms with Crippen molar-refractivity contribution in [3.8, 4) is 11.1 Å². The third-order valence-corrected chi connectivity index (χ3v) is 3.91. The number of rotatable bonds is 1. The van der Waals surface area contributed by atoms with E-state index in [1.165, 1.54) is 0 Å². The minimum absolute atomic E-state index is 0.378. The summed E-state index contributed by atoms with van der Waals surface area (Å²) in [6.45, 7) is 0. The zero-order valence-corrected chi connectivity index (χ0v) is 12.1. The first-order valence-electron chi connectivity index (χ1n) is 4.59. The van der Waals surface area contributed by atoms with E-state index in [1.54, 1.807) is 30.3 Å². The maximum absolute atomic E-state index is 6.14. The van der Waals surface area contributed by atoms with Gasteiger partial charge in [-0.05, 0) is 24.3 Å². The van der Waals surface area contributed by atoms with Crippen LogP contribution in [0.3, 0.4) is 0 Å². The Labute approximate surface area is 124 Å². The van der Waals surface area contributed by atoms with Crippen molar-refractivity contribution in [2.24, 2.45) is 0 Å². The second-order valence-electron chi connectivity index (χ2n) is 3.34. The second-order valence-corrected chi connectivity index (χ2v) is 5.38. The van der Waals surface area contributed by atoms with Crippen LogP contribution in [-0.4, -0.2) is 0 Å². The fraction of sp³-hybridized carbons (Fsp3) is 0. The van der Waals surface area contributed by atoms with Crippen LogP contribution in [-0.2, 0) is 0 Å². The van der Waals surface area contributed by atoms with Gasteiger partial charge in [0.25, 0.3) is 0 Å². The molecule has 0 amide bonds. The van der Waals surface area contributed by atoms with Gasteiger partial charge in [0, 0.05) is 21.2 Å². The number of hydrogen-bond donors (Lipinski definition) is 0. The summed E-state index contributed by atoms with van der Waals surface area (Å²) in [5.74, 6) is 0. The molecule has 88 valence electrons. The minimum Gasteiger partial charge on any atom is -0.0843 e. The summed E-state index contributed by atoms with van der Waals surface area (Å²) in [5, 5.41) is 2.32. The lowest BCUT2D eigenvalue weighted by Gasteiger charge is -2.10. The summed E-state index contributed by atoms with van der Waals surface area (Å²) in [7, 11) is 0. The van der Waals surface area contributed by atoms with Crippen LogP contribution in [0, 0.1) is 0 Å². The molecule has 0 aliphatic heterocycles. The standard InChI is InChI=1S/C12H5Cl5/c13-6-1-2-7(10(16)5-6)11-8(14)3-4-9(15)12(11)17/h1-5H. The summed E-state index contributed by atoms with van der Waals surface area (Å²) < 4.78 is 0. The molecule has 0 spiro atoms. The Morgan fingerprint density at radius 3 is 1.94 bits per heavy atom. The Balaban J connectivity index is 2.72. The highest BCUT2D eigenvalue weighted by atomic mass is 35.5. The molecular weight excluding hydrogens is 321 g/mol. The minimum atomic E-state index is 0.378. The van der Waals surface area contributed by atoms with Crippen molar-refractivity contribution < 1.29 is 0 Å². The van der Waals surface area contributed by atoms with Crippen molar-refractivity contribution in [1.82, 2.24) is 0 Å². The fourth-order valence-electron chi connectivity index (χ4n) is 1.47. The Morgan fingerprint density at radius 1 is 0.647 bits per heavy atom. The van der Waals surface area contributed by atoms with Crippen LogP contribution in [0.2, 0.25) is 25.1 Å². The normalized spacial score (nSPS) is 10.6. The second kappa shape index (κ2) is 5.26. The smallest absolute Gasteiger partial charge is 0.0686 e. The summed E-state index contributed by atoms with van der Waals surface area (Å²) in [5.41, 5.74) is 1.32. The molecule has 0 aromatic heterocycles. The molecule has 17 heavy (non-hydrogen) atoms. The summed E-state index contributed by atoms with van der Waals surface area (Å²) in [6, 6.07) is 8.42. The van der Waals surface area contributed by atoms with Gasteiger partial charge in [0.15, 0.2) is 0 Å². The van der Waals surface area contributed by atoms with Crippen LogP contribution in [0.4, 0.5) is 0 Å². The molecule has 0 aliphatic rings. The van der Waals surface area contributed by atoms with Gasteiger partial charge in [-0.25, -0.2) is 0 Å². The van der Waals surface area contributed by atoms with Crippen molar-refractivity contribution in [2.75, 3.05) is 0 Å². The van der Waals surface area contributed by atoms with Crippen molar-refractivity contribution in [1.29, 1.82) is 0 Å². The lowest BCUT2D eigenvalue weighted by Crippen LogP contribution is -1.84. The quantitative estimate of drug-likeness (QED) is 0.517. The van der Waals surface area contributed by atoms with Gasteiger partial charge in [0.1, 0.15) is 0 Å². The first-order valence-corrected chi connectivity index (χ1v) is 6.48. The molecule has 0 heterocycles. The zero-order valence-electron chi connectivity index (χ0n) is 8.28. The molecule has 0 aliphatic carbocycles. The zero-order chi connectivity index (χ0) is 12.6. The maximum atomic E-state index is 6.14. The number of hydrogen-bond acceptors (Lipinski definition) is 0. The summed E-state index contributed by atoms with van der Waals surface area (Å²) >= 11 is 30.2. The van der Waals surface area contributed by atoms with E-state index in [9.17, 15) is 0 Å². The predicted octanol–water partition coefficient (Wildman–Crippen LogP) is 6.62. The summed E-state index contributed by atoms with van der Waals surface area (Å²) in [4.78, 5) is 0. The molecule has 0 nitrogen and oxygen atoms in total. The van der Waals surface area contributed by atoms with Gasteiger partial charge in [-0.1, -0.05) is 64.1 Å². The van der Waals surface area contributed by atoms with E-state index in [0.717, 1.165) is 0 Å². The SMILES string of the molecule is Clc1ccc(-c2c(Cl)ccc(Cl)c2Cl)c(Cl)c1. The lowest BCUT2D eigenvalue weighted by molar-refractivity contribution is 1.61. The highest BCUT2D eigenvalue weighted by molar-refractivity contribution is 6.47. The molecule has 0 bridgehead atoms. The lowest BCUT2D eigenvalue weighted by atomic mass is 10.1. The van der Waals surface area contributed by atoms with Crippen LogP contribution in [0.1, 0.15) is 0 Å². The Hall–Kier alpha value is -0.110. The van der Waals surface area contributed by atoms with Crippen molar-refractivity contribution in [3.05, 3.63) is 55.4 Å². The van der Waals surface area contributed by atoms with E-state index in [1.807, 2.05) is 0 Å². The highest BCUT2D eigenvalue weighted by Gasteiger charge is 2.14.